The van der Waals surface area contributed by atoms with Gasteiger partial charge in [0.1, 0.15) is 5.03 Å². The fraction of sp³-hybridized carbons (Fsp3) is 0.692. The maximum atomic E-state index is 4.23. The number of thioether (sulfide) groups is 1. The Morgan fingerprint density at radius 2 is 2.06 bits per heavy atom. The van der Waals surface area contributed by atoms with Gasteiger partial charge in [-0.3, -0.25) is 4.98 Å². The van der Waals surface area contributed by atoms with E-state index in [0.717, 1.165) is 23.2 Å². The molecule has 1 unspecified atom stereocenters. The maximum absolute atomic E-state index is 4.23. The van der Waals surface area contributed by atoms with Crippen LogP contribution in [0, 0.1) is 5.92 Å². The predicted octanol–water partition coefficient (Wildman–Crippen LogP) is 2.98. The molecule has 0 aliphatic carbocycles. The van der Waals surface area contributed by atoms with E-state index in [2.05, 4.69) is 36.1 Å². The van der Waals surface area contributed by atoms with Gasteiger partial charge in [0, 0.05) is 30.7 Å². The highest BCUT2D eigenvalue weighted by Gasteiger charge is 2.02. The van der Waals surface area contributed by atoms with E-state index in [1.807, 2.05) is 6.20 Å². The lowest BCUT2D eigenvalue weighted by Gasteiger charge is -2.14. The van der Waals surface area contributed by atoms with Crippen molar-refractivity contribution in [2.24, 2.45) is 5.92 Å². The quantitative estimate of drug-likeness (QED) is 0.571. The molecule has 96 valence electrons. The van der Waals surface area contributed by atoms with Crippen LogP contribution < -0.4 is 5.32 Å². The molecule has 1 aromatic heterocycles. The van der Waals surface area contributed by atoms with Gasteiger partial charge >= 0.3 is 0 Å². The summed E-state index contributed by atoms with van der Waals surface area (Å²) >= 11 is 1.75. The zero-order chi connectivity index (χ0) is 12.5. The Morgan fingerprint density at radius 3 is 2.71 bits per heavy atom. The van der Waals surface area contributed by atoms with Gasteiger partial charge in [-0.2, -0.15) is 0 Å². The van der Waals surface area contributed by atoms with Crippen LogP contribution in [0.4, 0.5) is 0 Å². The molecular formula is C13H23N3S. The van der Waals surface area contributed by atoms with E-state index in [9.17, 15) is 0 Å². The van der Waals surface area contributed by atoms with Crippen LogP contribution in [-0.2, 0) is 0 Å². The molecule has 1 heterocycles. The SMILES string of the molecule is CC(C)CCC(C)NCCSc1cnccn1. The molecule has 4 heteroatoms. The zero-order valence-electron chi connectivity index (χ0n) is 11.0. The Kier molecular flexibility index (Phi) is 7.21. The standard InChI is InChI=1S/C13H23N3S/c1-11(2)4-5-12(3)15-8-9-17-13-10-14-6-7-16-13/h6-7,10-12,15H,4-5,8-9H2,1-3H3. The molecule has 0 aliphatic heterocycles. The highest BCUT2D eigenvalue weighted by Crippen LogP contribution is 2.12. The zero-order valence-corrected chi connectivity index (χ0v) is 11.8. The molecule has 3 nitrogen and oxygen atoms in total. The van der Waals surface area contributed by atoms with Crippen molar-refractivity contribution in [3.05, 3.63) is 18.6 Å². The summed E-state index contributed by atoms with van der Waals surface area (Å²) in [4.78, 5) is 8.27. The van der Waals surface area contributed by atoms with Crippen molar-refractivity contribution in [3.8, 4) is 0 Å². The van der Waals surface area contributed by atoms with Crippen molar-refractivity contribution in [3.63, 3.8) is 0 Å². The average molecular weight is 253 g/mol. The number of nitrogens with zero attached hydrogens (tertiary/aromatic N) is 2. The van der Waals surface area contributed by atoms with E-state index in [4.69, 9.17) is 0 Å². The van der Waals surface area contributed by atoms with Gasteiger partial charge in [0.15, 0.2) is 0 Å². The first-order valence-electron chi connectivity index (χ1n) is 6.30. The lowest BCUT2D eigenvalue weighted by molar-refractivity contribution is 0.460. The Hall–Kier alpha value is -0.610. The van der Waals surface area contributed by atoms with E-state index < -0.39 is 0 Å². The summed E-state index contributed by atoms with van der Waals surface area (Å²) in [5, 5.41) is 4.54. The number of aromatic nitrogens is 2. The largest absolute Gasteiger partial charge is 0.313 e. The van der Waals surface area contributed by atoms with Gasteiger partial charge in [0.25, 0.3) is 0 Å². The van der Waals surface area contributed by atoms with Gasteiger partial charge in [-0.1, -0.05) is 13.8 Å². The summed E-state index contributed by atoms with van der Waals surface area (Å²) in [5.74, 6) is 1.85. The van der Waals surface area contributed by atoms with Gasteiger partial charge in [-0.25, -0.2) is 4.98 Å². The van der Waals surface area contributed by atoms with Crippen LogP contribution in [0.15, 0.2) is 23.6 Å². The first kappa shape index (κ1) is 14.5. The van der Waals surface area contributed by atoms with Crippen LogP contribution in [0.1, 0.15) is 33.6 Å². The van der Waals surface area contributed by atoms with E-state index in [1.165, 1.54) is 12.8 Å². The highest BCUT2D eigenvalue weighted by atomic mass is 32.2. The summed E-state index contributed by atoms with van der Waals surface area (Å²) in [6.45, 7) is 7.84. The molecule has 0 saturated heterocycles. The minimum atomic E-state index is 0.611. The van der Waals surface area contributed by atoms with Crippen LogP contribution in [0.2, 0.25) is 0 Å². The molecule has 1 aromatic rings. The van der Waals surface area contributed by atoms with Crippen LogP contribution in [0.5, 0.6) is 0 Å². The third-order valence-corrected chi connectivity index (χ3v) is 3.48. The second-order valence-electron chi connectivity index (χ2n) is 4.72. The van der Waals surface area contributed by atoms with Crippen molar-refractivity contribution < 1.29 is 0 Å². The number of hydrogen-bond donors (Lipinski definition) is 1. The molecular weight excluding hydrogens is 230 g/mol. The Labute approximate surface area is 109 Å². The minimum Gasteiger partial charge on any atom is -0.313 e. The molecule has 17 heavy (non-hydrogen) atoms. The fourth-order valence-corrected chi connectivity index (χ4v) is 2.21. The number of nitrogens with one attached hydrogen (secondary N) is 1. The van der Waals surface area contributed by atoms with Gasteiger partial charge < -0.3 is 5.32 Å². The second-order valence-corrected chi connectivity index (χ2v) is 5.83. The van der Waals surface area contributed by atoms with Crippen LogP contribution >= 0.6 is 11.8 Å². The molecule has 0 radical (unpaired) electrons. The lowest BCUT2D eigenvalue weighted by Crippen LogP contribution is -2.28. The topological polar surface area (TPSA) is 37.8 Å². The number of rotatable bonds is 8. The monoisotopic (exact) mass is 253 g/mol. The molecule has 0 bridgehead atoms. The van der Waals surface area contributed by atoms with Crippen LogP contribution in [0.3, 0.4) is 0 Å². The van der Waals surface area contributed by atoms with Crippen molar-refractivity contribution >= 4 is 11.8 Å². The maximum Gasteiger partial charge on any atom is 0.114 e. The molecule has 0 spiro atoms. The molecule has 0 aliphatic rings. The lowest BCUT2D eigenvalue weighted by atomic mass is 10.0. The van der Waals surface area contributed by atoms with Crippen LogP contribution in [-0.4, -0.2) is 28.3 Å². The summed E-state index contributed by atoms with van der Waals surface area (Å²) < 4.78 is 0. The first-order chi connectivity index (χ1) is 8.18. The second kappa shape index (κ2) is 8.48. The summed E-state index contributed by atoms with van der Waals surface area (Å²) in [6, 6.07) is 0.611. The van der Waals surface area contributed by atoms with E-state index in [-0.39, 0.29) is 0 Å². The third kappa shape index (κ3) is 7.34. The molecule has 1 N–H and O–H groups in total. The average Bonchev–Trinajstić information content (AvgIpc) is 2.33. The Bertz CT molecular complexity index is 290. The molecule has 0 aromatic carbocycles. The number of hydrogen-bond acceptors (Lipinski definition) is 4. The van der Waals surface area contributed by atoms with Crippen molar-refractivity contribution in [1.29, 1.82) is 0 Å². The molecule has 1 rings (SSSR count). The molecule has 0 saturated carbocycles. The predicted molar refractivity (Wildman–Crippen MR) is 74.3 cm³/mol. The smallest absolute Gasteiger partial charge is 0.114 e. The van der Waals surface area contributed by atoms with E-state index >= 15 is 0 Å². The summed E-state index contributed by atoms with van der Waals surface area (Å²) in [5.41, 5.74) is 0. The van der Waals surface area contributed by atoms with E-state index in [1.54, 1.807) is 24.2 Å². The van der Waals surface area contributed by atoms with E-state index in [0.29, 0.717) is 6.04 Å². The van der Waals surface area contributed by atoms with Crippen molar-refractivity contribution in [1.82, 2.24) is 15.3 Å². The molecule has 0 fully saturated rings. The van der Waals surface area contributed by atoms with Gasteiger partial charge in [0.05, 0.1) is 6.20 Å². The highest BCUT2D eigenvalue weighted by molar-refractivity contribution is 7.99. The van der Waals surface area contributed by atoms with Gasteiger partial charge in [-0.05, 0) is 25.7 Å². The first-order valence-corrected chi connectivity index (χ1v) is 7.29. The minimum absolute atomic E-state index is 0.611. The van der Waals surface area contributed by atoms with Gasteiger partial charge in [-0.15, -0.1) is 11.8 Å². The summed E-state index contributed by atoms with van der Waals surface area (Å²) in [6.07, 6.45) is 7.81. The normalized spacial score (nSPS) is 12.9. The van der Waals surface area contributed by atoms with Crippen molar-refractivity contribution in [2.75, 3.05) is 12.3 Å². The fourth-order valence-electron chi connectivity index (χ4n) is 1.51. The molecule has 1 atom stereocenters. The summed E-state index contributed by atoms with van der Waals surface area (Å²) in [7, 11) is 0. The van der Waals surface area contributed by atoms with Crippen LogP contribution in [0.25, 0.3) is 0 Å². The Balaban J connectivity index is 2.04. The van der Waals surface area contributed by atoms with Gasteiger partial charge in [0.2, 0.25) is 0 Å². The molecule has 0 amide bonds. The third-order valence-electron chi connectivity index (χ3n) is 2.56. The Morgan fingerprint density at radius 1 is 1.24 bits per heavy atom. The van der Waals surface area contributed by atoms with Crippen molar-refractivity contribution in [2.45, 2.75) is 44.7 Å².